The lowest BCUT2D eigenvalue weighted by Crippen LogP contribution is -2.59. The first kappa shape index (κ1) is 42.1. The summed E-state index contributed by atoms with van der Waals surface area (Å²) in [6.07, 6.45) is 0. The van der Waals surface area contributed by atoms with E-state index in [9.17, 15) is 0 Å². The van der Waals surface area contributed by atoms with Crippen molar-refractivity contribution in [3.8, 4) is 33.6 Å². The summed E-state index contributed by atoms with van der Waals surface area (Å²) in [5, 5.41) is 6.45. The van der Waals surface area contributed by atoms with Crippen LogP contribution in [-0.4, -0.2) is 15.8 Å². The predicted octanol–water partition coefficient (Wildman–Crippen LogP) is 16.3. The van der Waals surface area contributed by atoms with E-state index in [1.54, 1.807) is 0 Å². The van der Waals surface area contributed by atoms with Gasteiger partial charge in [-0.3, -0.25) is 0 Å². The number of para-hydroxylation sites is 3. The van der Waals surface area contributed by atoms with Gasteiger partial charge in [-0.05, 0) is 127 Å². The van der Waals surface area contributed by atoms with E-state index in [0.717, 1.165) is 0 Å². The molecule has 0 radical (unpaired) electrons. The number of hydrogen-bond donors (Lipinski definition) is 0. The number of aromatic nitrogens is 2. The van der Waals surface area contributed by atoms with E-state index in [-0.39, 0.29) is 23.0 Å². The van der Waals surface area contributed by atoms with Crippen LogP contribution in [0, 0.1) is 0 Å². The minimum atomic E-state index is -0.202. The van der Waals surface area contributed by atoms with Crippen LogP contribution in [0.1, 0.15) is 77.6 Å². The van der Waals surface area contributed by atoms with Gasteiger partial charge in [-0.15, -0.1) is 11.3 Å². The van der Waals surface area contributed by atoms with Gasteiger partial charge in [-0.25, -0.2) is 0 Å². The molecule has 0 spiro atoms. The van der Waals surface area contributed by atoms with Crippen LogP contribution < -0.4 is 20.6 Å². The molecular weight excluding hydrogens is 890 g/mol. The maximum atomic E-state index is 2.71. The molecule has 0 atom stereocenters. The Labute approximate surface area is 425 Å². The molecule has 0 fully saturated rings. The van der Waals surface area contributed by atoms with E-state index in [4.69, 9.17) is 0 Å². The fourth-order valence-electron chi connectivity index (χ4n) is 13.4. The molecule has 0 unspecified atom stereocenters. The van der Waals surface area contributed by atoms with Crippen LogP contribution in [0.3, 0.4) is 0 Å². The van der Waals surface area contributed by atoms with Crippen molar-refractivity contribution in [3.63, 3.8) is 0 Å². The fraction of sp³-hybridized carbons (Fsp3) is 0.164. The third-order valence-electron chi connectivity index (χ3n) is 16.8. The molecule has 15 rings (SSSR count). The zero-order valence-corrected chi connectivity index (χ0v) is 43.0. The lowest BCUT2D eigenvalue weighted by molar-refractivity contribution is 0.590. The van der Waals surface area contributed by atoms with Crippen LogP contribution in [0.2, 0.25) is 0 Å². The molecule has 3 aliphatic rings. The Morgan fingerprint density at radius 2 is 1.15 bits per heavy atom. The highest BCUT2D eigenvalue weighted by molar-refractivity contribution is 7.33. The van der Waals surface area contributed by atoms with E-state index in [1.807, 2.05) is 11.3 Å². The van der Waals surface area contributed by atoms with Gasteiger partial charge in [0, 0.05) is 70.1 Å². The highest BCUT2D eigenvalue weighted by Crippen LogP contribution is 2.54. The average molecular weight is 944 g/mol. The van der Waals surface area contributed by atoms with Crippen molar-refractivity contribution in [1.29, 1.82) is 0 Å². The Balaban J connectivity index is 1.13. The van der Waals surface area contributed by atoms with Gasteiger partial charge in [-0.2, -0.15) is 0 Å². The first-order chi connectivity index (χ1) is 34.8. The van der Waals surface area contributed by atoms with Crippen LogP contribution in [0.5, 0.6) is 0 Å². The number of nitrogens with zero attached hydrogens (tertiary/aromatic N) is 3. The van der Waals surface area contributed by atoms with Crippen molar-refractivity contribution < 1.29 is 0 Å². The van der Waals surface area contributed by atoms with Crippen LogP contribution in [0.4, 0.5) is 17.1 Å². The SMILES string of the molecule is CC(C)(C)c1ccc(N2c3cc(-c4cccc5c4C(C)(C)c4ccccc4-5)cc4c3B(c3sc5ccc(C(C)(C)C)cc5c32)c2cccc3c5ccc6c(c7ccccc7n6-c6ccccc6)c5n-4c23)cc1. The standard InChI is InChI=1S/C67H54BN3S/c1-65(2,3)40-28-31-43(32-29-40)70-55-36-39(44-22-16-23-46-45-20-12-14-25-51(45)67(7,8)59(44)46)37-56-60(55)68(64-63(70)50-38-41(66(4,5)6)30-35-57(50)72-64)52-26-17-24-47-48-33-34-54-58(62(48)71(56)61(47)52)49-21-13-15-27-53(49)69(54)42-18-10-9-11-19-42/h9-38H,1-8H3. The van der Waals surface area contributed by atoms with E-state index in [0.29, 0.717) is 0 Å². The Bertz CT molecular complexity index is 4320. The van der Waals surface area contributed by atoms with Crippen LogP contribution in [-0.2, 0) is 16.2 Å². The summed E-state index contributed by atoms with van der Waals surface area (Å²) < 4.78 is 7.92. The summed E-state index contributed by atoms with van der Waals surface area (Å²) in [5.41, 5.74) is 24.4. The molecule has 5 heterocycles. The van der Waals surface area contributed by atoms with Crippen LogP contribution in [0.15, 0.2) is 182 Å². The van der Waals surface area contributed by atoms with Gasteiger partial charge >= 0.3 is 0 Å². The highest BCUT2D eigenvalue weighted by atomic mass is 32.1. The maximum Gasteiger partial charge on any atom is 0.264 e. The highest BCUT2D eigenvalue weighted by Gasteiger charge is 2.46. The molecule has 0 saturated carbocycles. The van der Waals surface area contributed by atoms with Gasteiger partial charge in [0.1, 0.15) is 0 Å². The molecule has 0 amide bonds. The summed E-state index contributed by atoms with van der Waals surface area (Å²) in [7, 11) is 0. The zero-order valence-electron chi connectivity index (χ0n) is 42.1. The molecule has 72 heavy (non-hydrogen) atoms. The second-order valence-electron chi connectivity index (χ2n) is 23.3. The minimum Gasteiger partial charge on any atom is -0.310 e. The third kappa shape index (κ3) is 5.52. The quantitative estimate of drug-likeness (QED) is 0.161. The van der Waals surface area contributed by atoms with Crippen LogP contribution >= 0.6 is 11.3 Å². The van der Waals surface area contributed by atoms with Gasteiger partial charge in [-0.1, -0.05) is 177 Å². The van der Waals surface area contributed by atoms with E-state index in [1.165, 1.54) is 142 Å². The molecule has 9 aromatic carbocycles. The number of anilines is 3. The third-order valence-corrected chi connectivity index (χ3v) is 18.0. The summed E-state index contributed by atoms with van der Waals surface area (Å²) >= 11 is 1.99. The summed E-state index contributed by atoms with van der Waals surface area (Å²) in [5.74, 6) is 0. The summed E-state index contributed by atoms with van der Waals surface area (Å²) in [4.78, 5) is 2.67. The van der Waals surface area contributed by atoms with Gasteiger partial charge in [0.05, 0.1) is 22.2 Å². The minimum absolute atomic E-state index is 0.0144. The molecule has 0 saturated heterocycles. The summed E-state index contributed by atoms with van der Waals surface area (Å²) in [6, 6.07) is 70.0. The fourth-order valence-corrected chi connectivity index (χ4v) is 14.7. The Morgan fingerprint density at radius 3 is 1.96 bits per heavy atom. The summed E-state index contributed by atoms with van der Waals surface area (Å²) in [6.45, 7) is 18.9. The van der Waals surface area contributed by atoms with Crippen molar-refractivity contribution in [1.82, 2.24) is 9.13 Å². The molecule has 346 valence electrons. The van der Waals surface area contributed by atoms with Gasteiger partial charge in [0.2, 0.25) is 0 Å². The number of rotatable bonds is 3. The molecule has 3 nitrogen and oxygen atoms in total. The average Bonchev–Trinajstić information content (AvgIpc) is 4.10. The molecule has 0 N–H and O–H groups in total. The number of fused-ring (bicyclic) bond motifs is 16. The zero-order chi connectivity index (χ0) is 48.7. The Kier molecular flexibility index (Phi) is 8.37. The topological polar surface area (TPSA) is 13.1 Å². The van der Waals surface area contributed by atoms with E-state index < -0.39 is 0 Å². The molecule has 12 aromatic rings. The van der Waals surface area contributed by atoms with Crippen molar-refractivity contribution in [3.05, 3.63) is 204 Å². The Hall–Kier alpha value is -7.60. The Morgan fingerprint density at radius 1 is 0.486 bits per heavy atom. The number of benzene rings is 9. The monoisotopic (exact) mass is 943 g/mol. The first-order valence-corrected chi connectivity index (χ1v) is 26.5. The van der Waals surface area contributed by atoms with Gasteiger partial charge in [0.25, 0.3) is 6.71 Å². The predicted molar refractivity (Wildman–Crippen MR) is 310 cm³/mol. The normalized spacial score (nSPS) is 14.4. The van der Waals surface area contributed by atoms with Gasteiger partial charge < -0.3 is 14.0 Å². The molecular formula is C67H54BN3S. The molecule has 0 bridgehead atoms. The van der Waals surface area contributed by atoms with E-state index >= 15 is 0 Å². The molecule has 3 aromatic heterocycles. The van der Waals surface area contributed by atoms with Crippen LogP contribution in [0.25, 0.3) is 87.3 Å². The first-order valence-electron chi connectivity index (χ1n) is 25.7. The maximum absolute atomic E-state index is 2.71. The number of hydrogen-bond acceptors (Lipinski definition) is 2. The molecule has 2 aliphatic heterocycles. The van der Waals surface area contributed by atoms with Gasteiger partial charge in [0.15, 0.2) is 0 Å². The van der Waals surface area contributed by atoms with E-state index in [2.05, 4.69) is 251 Å². The van der Waals surface area contributed by atoms with Crippen molar-refractivity contribution in [2.45, 2.75) is 71.6 Å². The second-order valence-corrected chi connectivity index (χ2v) is 24.4. The van der Waals surface area contributed by atoms with Crippen molar-refractivity contribution in [2.75, 3.05) is 4.90 Å². The van der Waals surface area contributed by atoms with Crippen molar-refractivity contribution >= 4 is 105 Å². The second kappa shape index (κ2) is 14.3. The lowest BCUT2D eigenvalue weighted by Gasteiger charge is -2.39. The molecule has 1 aliphatic carbocycles. The largest absolute Gasteiger partial charge is 0.310 e. The lowest BCUT2D eigenvalue weighted by atomic mass is 9.36. The number of thiophene rings is 1. The smallest absolute Gasteiger partial charge is 0.264 e. The van der Waals surface area contributed by atoms with Crippen molar-refractivity contribution in [2.24, 2.45) is 0 Å². The molecule has 5 heteroatoms.